The molecule has 0 saturated heterocycles. The first-order chi connectivity index (χ1) is 9.26. The van der Waals surface area contributed by atoms with Crippen LogP contribution in [0.3, 0.4) is 0 Å². The van der Waals surface area contributed by atoms with E-state index in [-0.39, 0.29) is 6.61 Å². The molecular weight excluding hydrogens is 236 g/mol. The number of aliphatic hydroxyl groups is 1. The van der Waals surface area contributed by atoms with E-state index in [1.54, 1.807) is 0 Å². The first-order valence-corrected chi connectivity index (χ1v) is 7.44. The number of aryl methyl sites for hydroxylation is 1. The van der Waals surface area contributed by atoms with Crippen LogP contribution >= 0.6 is 0 Å². The Labute approximate surface area is 116 Å². The third-order valence-electron chi connectivity index (χ3n) is 3.73. The topological polar surface area (TPSA) is 35.5 Å². The van der Waals surface area contributed by atoms with Gasteiger partial charge in [-0.2, -0.15) is 0 Å². The lowest BCUT2D eigenvalue weighted by molar-refractivity contribution is 0.301. The molecule has 1 aromatic rings. The molecule has 0 aliphatic heterocycles. The van der Waals surface area contributed by atoms with Crippen molar-refractivity contribution in [1.82, 2.24) is 5.32 Å². The molecule has 1 fully saturated rings. The fraction of sp³-hybridized carbons (Fsp3) is 0.625. The summed E-state index contributed by atoms with van der Waals surface area (Å²) in [5, 5.41) is 12.6. The number of aliphatic hydroxyl groups excluding tert-OH is 1. The molecule has 0 spiro atoms. The van der Waals surface area contributed by atoms with Crippen LogP contribution in [0.5, 0.6) is 0 Å². The van der Waals surface area contributed by atoms with Crippen molar-refractivity contribution >= 4 is 5.69 Å². The Balaban J connectivity index is 2.04. The van der Waals surface area contributed by atoms with Gasteiger partial charge in [-0.25, -0.2) is 0 Å². The lowest BCUT2D eigenvalue weighted by atomic mass is 10.1. The summed E-state index contributed by atoms with van der Waals surface area (Å²) in [6.07, 6.45) is 3.70. The van der Waals surface area contributed by atoms with Gasteiger partial charge in [0.25, 0.3) is 0 Å². The minimum absolute atomic E-state index is 0.232. The standard InChI is InChI=1S/C16H26N2O/c1-3-8-17-12-14-4-5-16(11-13(14)2)18(9-10-19)15-6-7-15/h4-5,11,15,17,19H,3,6-10,12H2,1-2H3. The van der Waals surface area contributed by atoms with Gasteiger partial charge in [0.15, 0.2) is 0 Å². The number of hydrogen-bond donors (Lipinski definition) is 2. The molecule has 0 unspecified atom stereocenters. The zero-order valence-electron chi connectivity index (χ0n) is 12.2. The average molecular weight is 262 g/mol. The quantitative estimate of drug-likeness (QED) is 0.706. The van der Waals surface area contributed by atoms with Gasteiger partial charge < -0.3 is 15.3 Å². The van der Waals surface area contributed by atoms with E-state index in [0.29, 0.717) is 6.04 Å². The molecule has 2 rings (SSSR count). The predicted octanol–water partition coefficient (Wildman–Crippen LogP) is 2.46. The Morgan fingerprint density at radius 1 is 1.37 bits per heavy atom. The van der Waals surface area contributed by atoms with Crippen molar-refractivity contribution in [2.24, 2.45) is 0 Å². The highest BCUT2D eigenvalue weighted by molar-refractivity contribution is 5.52. The van der Waals surface area contributed by atoms with Crippen molar-refractivity contribution in [1.29, 1.82) is 0 Å². The van der Waals surface area contributed by atoms with E-state index in [4.69, 9.17) is 0 Å². The predicted molar refractivity (Wildman–Crippen MR) is 80.6 cm³/mol. The second-order valence-electron chi connectivity index (χ2n) is 5.44. The van der Waals surface area contributed by atoms with E-state index in [1.165, 1.54) is 36.1 Å². The second kappa shape index (κ2) is 6.92. The molecule has 3 nitrogen and oxygen atoms in total. The summed E-state index contributed by atoms with van der Waals surface area (Å²) < 4.78 is 0. The number of anilines is 1. The van der Waals surface area contributed by atoms with Crippen LogP contribution in [0.25, 0.3) is 0 Å². The highest BCUT2D eigenvalue weighted by Gasteiger charge is 2.28. The smallest absolute Gasteiger partial charge is 0.0606 e. The van der Waals surface area contributed by atoms with Crippen molar-refractivity contribution in [2.45, 2.75) is 45.7 Å². The maximum atomic E-state index is 9.19. The summed E-state index contributed by atoms with van der Waals surface area (Å²) >= 11 is 0. The third kappa shape index (κ3) is 3.95. The summed E-state index contributed by atoms with van der Waals surface area (Å²) in [4.78, 5) is 2.34. The van der Waals surface area contributed by atoms with Gasteiger partial charge >= 0.3 is 0 Å². The van der Waals surface area contributed by atoms with Crippen LogP contribution < -0.4 is 10.2 Å². The van der Waals surface area contributed by atoms with Crippen molar-refractivity contribution in [3.63, 3.8) is 0 Å². The molecule has 1 aromatic carbocycles. The van der Waals surface area contributed by atoms with Crippen LogP contribution in [0.1, 0.15) is 37.3 Å². The Hall–Kier alpha value is -1.06. The highest BCUT2D eigenvalue weighted by Crippen LogP contribution is 2.32. The number of nitrogens with zero attached hydrogens (tertiary/aromatic N) is 1. The first kappa shape index (κ1) is 14.4. The third-order valence-corrected chi connectivity index (χ3v) is 3.73. The fourth-order valence-electron chi connectivity index (χ4n) is 2.47. The van der Waals surface area contributed by atoms with Gasteiger partial charge in [0.2, 0.25) is 0 Å². The number of nitrogens with one attached hydrogen (secondary N) is 1. The van der Waals surface area contributed by atoms with E-state index in [2.05, 4.69) is 42.3 Å². The zero-order chi connectivity index (χ0) is 13.7. The summed E-state index contributed by atoms with van der Waals surface area (Å²) in [6, 6.07) is 7.33. The molecule has 1 aliphatic rings. The maximum absolute atomic E-state index is 9.19. The Morgan fingerprint density at radius 3 is 2.74 bits per heavy atom. The second-order valence-corrected chi connectivity index (χ2v) is 5.44. The lowest BCUT2D eigenvalue weighted by Crippen LogP contribution is -2.29. The summed E-state index contributed by atoms with van der Waals surface area (Å²) in [6.45, 7) is 7.36. The Morgan fingerprint density at radius 2 is 2.16 bits per heavy atom. The van der Waals surface area contributed by atoms with Crippen LogP contribution in [0.4, 0.5) is 5.69 Å². The van der Waals surface area contributed by atoms with Crippen LogP contribution in [0.15, 0.2) is 18.2 Å². The summed E-state index contributed by atoms with van der Waals surface area (Å²) in [7, 11) is 0. The minimum Gasteiger partial charge on any atom is -0.395 e. The van der Waals surface area contributed by atoms with Crippen LogP contribution in [0.2, 0.25) is 0 Å². The van der Waals surface area contributed by atoms with Crippen LogP contribution in [-0.4, -0.2) is 30.8 Å². The monoisotopic (exact) mass is 262 g/mol. The van der Waals surface area contributed by atoms with Crippen molar-refractivity contribution < 1.29 is 5.11 Å². The minimum atomic E-state index is 0.232. The van der Waals surface area contributed by atoms with E-state index in [9.17, 15) is 5.11 Å². The molecular formula is C16H26N2O. The molecule has 106 valence electrons. The van der Waals surface area contributed by atoms with Gasteiger partial charge in [-0.3, -0.25) is 0 Å². The van der Waals surface area contributed by atoms with Gasteiger partial charge in [0, 0.05) is 24.8 Å². The molecule has 1 aliphatic carbocycles. The average Bonchev–Trinajstić information content (AvgIpc) is 3.22. The van der Waals surface area contributed by atoms with Crippen molar-refractivity contribution in [2.75, 3.05) is 24.6 Å². The summed E-state index contributed by atoms with van der Waals surface area (Å²) in [5.41, 5.74) is 3.97. The number of rotatable bonds is 8. The van der Waals surface area contributed by atoms with Gasteiger partial charge in [-0.05, 0) is 56.0 Å². The number of benzene rings is 1. The molecule has 19 heavy (non-hydrogen) atoms. The summed E-state index contributed by atoms with van der Waals surface area (Å²) in [5.74, 6) is 0. The Bertz CT molecular complexity index is 402. The largest absolute Gasteiger partial charge is 0.395 e. The molecule has 0 atom stereocenters. The molecule has 2 N–H and O–H groups in total. The number of hydrogen-bond acceptors (Lipinski definition) is 3. The van der Waals surface area contributed by atoms with Gasteiger partial charge in [-0.15, -0.1) is 0 Å². The van der Waals surface area contributed by atoms with E-state index < -0.39 is 0 Å². The molecule has 0 heterocycles. The molecule has 0 amide bonds. The molecule has 0 bridgehead atoms. The van der Waals surface area contributed by atoms with Gasteiger partial charge in [0.1, 0.15) is 0 Å². The van der Waals surface area contributed by atoms with E-state index >= 15 is 0 Å². The van der Waals surface area contributed by atoms with Crippen molar-refractivity contribution in [3.8, 4) is 0 Å². The van der Waals surface area contributed by atoms with E-state index in [0.717, 1.165) is 19.6 Å². The van der Waals surface area contributed by atoms with Crippen molar-refractivity contribution in [3.05, 3.63) is 29.3 Å². The normalized spacial score (nSPS) is 14.7. The fourth-order valence-corrected chi connectivity index (χ4v) is 2.47. The maximum Gasteiger partial charge on any atom is 0.0606 e. The van der Waals surface area contributed by atoms with Gasteiger partial charge in [-0.1, -0.05) is 13.0 Å². The molecule has 1 saturated carbocycles. The molecule has 3 heteroatoms. The van der Waals surface area contributed by atoms with E-state index in [1.807, 2.05) is 0 Å². The SMILES string of the molecule is CCCNCc1ccc(N(CCO)C2CC2)cc1C. The highest BCUT2D eigenvalue weighted by atomic mass is 16.3. The zero-order valence-corrected chi connectivity index (χ0v) is 12.2. The van der Waals surface area contributed by atoms with Gasteiger partial charge in [0.05, 0.1) is 6.61 Å². The Kier molecular flexibility index (Phi) is 5.23. The lowest BCUT2D eigenvalue weighted by Gasteiger charge is -2.24. The van der Waals surface area contributed by atoms with Crippen LogP contribution in [-0.2, 0) is 6.54 Å². The molecule has 0 aromatic heterocycles. The van der Waals surface area contributed by atoms with Crippen LogP contribution in [0, 0.1) is 6.92 Å². The molecule has 0 radical (unpaired) electrons. The first-order valence-electron chi connectivity index (χ1n) is 7.44.